The molecule has 0 saturated carbocycles. The van der Waals surface area contributed by atoms with Crippen molar-refractivity contribution >= 4 is 0 Å². The Morgan fingerprint density at radius 2 is 1.75 bits per heavy atom. The highest BCUT2D eigenvalue weighted by Gasteiger charge is 2.37. The minimum absolute atomic E-state index is 0.245. The van der Waals surface area contributed by atoms with Crippen LogP contribution >= 0.6 is 0 Å². The Kier molecular flexibility index (Phi) is 4.38. The van der Waals surface area contributed by atoms with Gasteiger partial charge in [-0.25, -0.2) is 9.97 Å². The fourth-order valence-corrected chi connectivity index (χ4v) is 2.28. The second-order valence-corrected chi connectivity index (χ2v) is 4.28. The topological polar surface area (TPSA) is 49.3 Å². The largest absolute Gasteiger partial charge is 0.386 e. The zero-order chi connectivity index (χ0) is 12.2. The van der Waals surface area contributed by atoms with Gasteiger partial charge in [-0.1, -0.05) is 13.8 Å². The molecule has 0 bridgehead atoms. The summed E-state index contributed by atoms with van der Waals surface area (Å²) in [7, 11) is 4.00. The molecule has 0 spiro atoms. The SMILES string of the molecule is CCC(CC)(C(O)c1cncnc1)N(C)C. The maximum atomic E-state index is 10.5. The number of aromatic nitrogens is 2. The lowest BCUT2D eigenvalue weighted by Gasteiger charge is -2.42. The maximum Gasteiger partial charge on any atom is 0.115 e. The van der Waals surface area contributed by atoms with Crippen LogP contribution in [-0.4, -0.2) is 39.6 Å². The van der Waals surface area contributed by atoms with Crippen LogP contribution in [0.4, 0.5) is 0 Å². The van der Waals surface area contributed by atoms with Gasteiger partial charge in [0.05, 0.1) is 5.54 Å². The molecule has 0 aliphatic rings. The molecule has 4 nitrogen and oxygen atoms in total. The van der Waals surface area contributed by atoms with E-state index in [9.17, 15) is 5.11 Å². The molecule has 0 saturated heterocycles. The summed E-state index contributed by atoms with van der Waals surface area (Å²) in [4.78, 5) is 10.0. The van der Waals surface area contributed by atoms with E-state index in [-0.39, 0.29) is 5.54 Å². The predicted molar refractivity (Wildman–Crippen MR) is 64.0 cm³/mol. The van der Waals surface area contributed by atoms with Crippen LogP contribution in [0.15, 0.2) is 18.7 Å². The first-order valence-electron chi connectivity index (χ1n) is 5.69. The van der Waals surface area contributed by atoms with Crippen LogP contribution in [0.2, 0.25) is 0 Å². The fraction of sp³-hybridized carbons (Fsp3) is 0.667. The molecule has 0 amide bonds. The first-order valence-corrected chi connectivity index (χ1v) is 5.69. The van der Waals surface area contributed by atoms with Crippen molar-refractivity contribution in [1.29, 1.82) is 0 Å². The quantitative estimate of drug-likeness (QED) is 0.824. The van der Waals surface area contributed by atoms with E-state index >= 15 is 0 Å². The van der Waals surface area contributed by atoms with Gasteiger partial charge in [-0.2, -0.15) is 0 Å². The summed E-state index contributed by atoms with van der Waals surface area (Å²) in [5.74, 6) is 0. The molecule has 0 radical (unpaired) electrons. The van der Waals surface area contributed by atoms with Gasteiger partial charge in [0.25, 0.3) is 0 Å². The standard InChI is InChI=1S/C12H21N3O/c1-5-12(6-2,15(3)4)11(16)10-7-13-9-14-8-10/h7-9,11,16H,5-6H2,1-4H3. The van der Waals surface area contributed by atoms with Gasteiger partial charge >= 0.3 is 0 Å². The van der Waals surface area contributed by atoms with E-state index in [0.29, 0.717) is 0 Å². The van der Waals surface area contributed by atoms with E-state index in [4.69, 9.17) is 0 Å². The summed E-state index contributed by atoms with van der Waals surface area (Å²) in [5.41, 5.74) is 0.532. The molecule has 1 aromatic heterocycles. The molecule has 16 heavy (non-hydrogen) atoms. The van der Waals surface area contributed by atoms with Crippen molar-refractivity contribution < 1.29 is 5.11 Å². The lowest BCUT2D eigenvalue weighted by atomic mass is 9.82. The number of aliphatic hydroxyl groups is 1. The summed E-state index contributed by atoms with van der Waals surface area (Å²) >= 11 is 0. The number of likely N-dealkylation sites (N-methyl/N-ethyl adjacent to an activating group) is 1. The van der Waals surface area contributed by atoms with Crippen LogP contribution in [0.1, 0.15) is 38.4 Å². The van der Waals surface area contributed by atoms with Crippen molar-refractivity contribution in [1.82, 2.24) is 14.9 Å². The molecule has 0 aliphatic heterocycles. The van der Waals surface area contributed by atoms with Gasteiger partial charge in [0.1, 0.15) is 12.4 Å². The Balaban J connectivity index is 3.05. The van der Waals surface area contributed by atoms with Gasteiger partial charge in [0.15, 0.2) is 0 Å². The summed E-state index contributed by atoms with van der Waals surface area (Å²) in [6, 6.07) is 0. The Morgan fingerprint density at radius 3 is 2.12 bits per heavy atom. The predicted octanol–water partition coefficient (Wildman–Crippen LogP) is 1.63. The van der Waals surface area contributed by atoms with E-state index in [1.54, 1.807) is 12.4 Å². The van der Waals surface area contributed by atoms with Gasteiger partial charge < -0.3 is 10.0 Å². The summed E-state index contributed by atoms with van der Waals surface area (Å²) in [6.45, 7) is 4.19. The third-order valence-electron chi connectivity index (χ3n) is 3.52. The molecule has 1 N–H and O–H groups in total. The Hall–Kier alpha value is -1.00. The normalized spacial score (nSPS) is 14.1. The van der Waals surface area contributed by atoms with Crippen LogP contribution in [0.25, 0.3) is 0 Å². The van der Waals surface area contributed by atoms with Crippen LogP contribution in [-0.2, 0) is 0 Å². The lowest BCUT2D eigenvalue weighted by molar-refractivity contribution is -0.0153. The van der Waals surface area contributed by atoms with Crippen LogP contribution < -0.4 is 0 Å². The van der Waals surface area contributed by atoms with Crippen molar-refractivity contribution in [3.63, 3.8) is 0 Å². The summed E-state index contributed by atoms with van der Waals surface area (Å²) in [6.07, 6.45) is 6.05. The van der Waals surface area contributed by atoms with Gasteiger partial charge in [0, 0.05) is 18.0 Å². The molecule has 1 unspecified atom stereocenters. The van der Waals surface area contributed by atoms with Gasteiger partial charge in [-0.3, -0.25) is 0 Å². The van der Waals surface area contributed by atoms with Crippen molar-refractivity contribution in [3.8, 4) is 0 Å². The first kappa shape index (κ1) is 13.1. The van der Waals surface area contributed by atoms with Crippen LogP contribution in [0.3, 0.4) is 0 Å². The Labute approximate surface area is 97.3 Å². The molecule has 1 aromatic rings. The second-order valence-electron chi connectivity index (χ2n) is 4.28. The second kappa shape index (κ2) is 5.37. The average Bonchev–Trinajstić information content (AvgIpc) is 2.32. The Morgan fingerprint density at radius 1 is 1.25 bits per heavy atom. The minimum atomic E-state index is -0.557. The van der Waals surface area contributed by atoms with E-state index in [0.717, 1.165) is 18.4 Å². The lowest BCUT2D eigenvalue weighted by Crippen LogP contribution is -2.48. The molecule has 0 fully saturated rings. The van der Waals surface area contributed by atoms with Crippen LogP contribution in [0.5, 0.6) is 0 Å². The third-order valence-corrected chi connectivity index (χ3v) is 3.52. The number of hydrogen-bond acceptors (Lipinski definition) is 4. The number of hydrogen-bond donors (Lipinski definition) is 1. The van der Waals surface area contributed by atoms with Gasteiger partial charge in [0.2, 0.25) is 0 Å². The third kappa shape index (κ3) is 2.23. The molecule has 1 atom stereocenters. The van der Waals surface area contributed by atoms with E-state index in [1.807, 2.05) is 14.1 Å². The highest BCUT2D eigenvalue weighted by Crippen LogP contribution is 2.35. The first-order chi connectivity index (χ1) is 7.58. The van der Waals surface area contributed by atoms with Crippen LogP contribution in [0, 0.1) is 0 Å². The highest BCUT2D eigenvalue weighted by molar-refractivity contribution is 5.14. The van der Waals surface area contributed by atoms with E-state index in [1.165, 1.54) is 6.33 Å². The molecule has 0 aliphatic carbocycles. The van der Waals surface area contributed by atoms with E-state index < -0.39 is 6.10 Å². The summed E-state index contributed by atoms with van der Waals surface area (Å²) in [5, 5.41) is 10.5. The van der Waals surface area contributed by atoms with Gasteiger partial charge in [-0.05, 0) is 26.9 Å². The molecule has 1 rings (SSSR count). The zero-order valence-electron chi connectivity index (χ0n) is 10.5. The smallest absolute Gasteiger partial charge is 0.115 e. The molecule has 1 heterocycles. The fourth-order valence-electron chi connectivity index (χ4n) is 2.28. The molecule has 0 aromatic carbocycles. The average molecular weight is 223 g/mol. The summed E-state index contributed by atoms with van der Waals surface area (Å²) < 4.78 is 0. The van der Waals surface area contributed by atoms with Crippen molar-refractivity contribution in [2.45, 2.75) is 38.3 Å². The van der Waals surface area contributed by atoms with E-state index in [2.05, 4.69) is 28.7 Å². The van der Waals surface area contributed by atoms with Crippen molar-refractivity contribution in [3.05, 3.63) is 24.3 Å². The minimum Gasteiger partial charge on any atom is -0.386 e. The monoisotopic (exact) mass is 223 g/mol. The molecule has 90 valence electrons. The highest BCUT2D eigenvalue weighted by atomic mass is 16.3. The molecular formula is C12H21N3O. The zero-order valence-corrected chi connectivity index (χ0v) is 10.5. The number of aliphatic hydroxyl groups excluding tert-OH is 1. The molecular weight excluding hydrogens is 202 g/mol. The van der Waals surface area contributed by atoms with Gasteiger partial charge in [-0.15, -0.1) is 0 Å². The Bertz CT molecular complexity index is 309. The van der Waals surface area contributed by atoms with Crippen molar-refractivity contribution in [2.75, 3.05) is 14.1 Å². The number of nitrogens with zero attached hydrogens (tertiary/aromatic N) is 3. The number of rotatable bonds is 5. The van der Waals surface area contributed by atoms with Crippen molar-refractivity contribution in [2.24, 2.45) is 0 Å². The molecule has 4 heteroatoms. The maximum absolute atomic E-state index is 10.5.